The zero-order chi connectivity index (χ0) is 23.8. The van der Waals surface area contributed by atoms with Crippen molar-refractivity contribution in [1.82, 2.24) is 5.32 Å². The van der Waals surface area contributed by atoms with E-state index < -0.39 is 0 Å². The molecule has 3 aromatic carbocycles. The number of hydrogen-bond acceptors (Lipinski definition) is 5. The number of amides is 2. The van der Waals surface area contributed by atoms with Crippen molar-refractivity contribution in [3.05, 3.63) is 60.2 Å². The molecule has 0 atom stereocenters. The highest BCUT2D eigenvalue weighted by Gasteiger charge is 2.17. The second kappa shape index (κ2) is 11.2. The molecule has 0 spiro atoms. The molecule has 3 aromatic rings. The van der Waals surface area contributed by atoms with Crippen LogP contribution in [0.3, 0.4) is 0 Å². The van der Waals surface area contributed by atoms with E-state index in [2.05, 4.69) is 10.6 Å². The minimum atomic E-state index is -0.355. The van der Waals surface area contributed by atoms with Gasteiger partial charge in [-0.25, -0.2) is 0 Å². The number of benzene rings is 3. The first-order valence-corrected chi connectivity index (χ1v) is 11.1. The standard InChI is InChI=1S/C26H30N2O5/c1-5-31-22-12-11-20(15-24(22)32-6-2)28-26(30)21-13-18-9-7-8-10-19(18)14-23(21)33-16-25(29)27-17(3)4/h7-15,17H,5-6,16H2,1-4H3,(H,27,29)(H,28,30). The quantitative estimate of drug-likeness (QED) is 0.464. The van der Waals surface area contributed by atoms with Gasteiger partial charge in [-0.3, -0.25) is 9.59 Å². The van der Waals surface area contributed by atoms with E-state index in [0.29, 0.717) is 41.7 Å². The predicted octanol–water partition coefficient (Wildman–Crippen LogP) is 4.79. The molecule has 0 aliphatic heterocycles. The van der Waals surface area contributed by atoms with Gasteiger partial charge < -0.3 is 24.8 Å². The van der Waals surface area contributed by atoms with Crippen molar-refractivity contribution in [2.45, 2.75) is 33.7 Å². The summed E-state index contributed by atoms with van der Waals surface area (Å²) in [6, 6.07) is 16.4. The molecule has 2 amide bonds. The lowest BCUT2D eigenvalue weighted by Crippen LogP contribution is -2.34. The lowest BCUT2D eigenvalue weighted by molar-refractivity contribution is -0.123. The summed E-state index contributed by atoms with van der Waals surface area (Å²) in [5, 5.41) is 7.48. The summed E-state index contributed by atoms with van der Waals surface area (Å²) >= 11 is 0. The monoisotopic (exact) mass is 450 g/mol. The van der Waals surface area contributed by atoms with Crippen LogP contribution in [0.5, 0.6) is 17.2 Å². The summed E-state index contributed by atoms with van der Waals surface area (Å²) < 4.78 is 17.0. The Morgan fingerprint density at radius 1 is 0.818 bits per heavy atom. The van der Waals surface area contributed by atoms with Gasteiger partial charge in [-0.05, 0) is 62.7 Å². The molecule has 0 heterocycles. The fourth-order valence-electron chi connectivity index (χ4n) is 3.35. The van der Waals surface area contributed by atoms with Crippen LogP contribution in [0.25, 0.3) is 10.8 Å². The first kappa shape index (κ1) is 23.9. The SMILES string of the molecule is CCOc1ccc(NC(=O)c2cc3ccccc3cc2OCC(=O)NC(C)C)cc1OCC. The maximum Gasteiger partial charge on any atom is 0.259 e. The number of carbonyl (C=O) groups excluding carboxylic acids is 2. The molecule has 0 aliphatic carbocycles. The second-order valence-electron chi connectivity index (χ2n) is 7.69. The molecule has 0 fully saturated rings. The lowest BCUT2D eigenvalue weighted by atomic mass is 10.1. The third-order valence-electron chi connectivity index (χ3n) is 4.70. The lowest BCUT2D eigenvalue weighted by Gasteiger charge is -2.15. The normalized spacial score (nSPS) is 10.7. The Kier molecular flexibility index (Phi) is 8.13. The van der Waals surface area contributed by atoms with Gasteiger partial charge in [0.1, 0.15) is 5.75 Å². The molecular formula is C26H30N2O5. The summed E-state index contributed by atoms with van der Waals surface area (Å²) in [4.78, 5) is 25.3. The van der Waals surface area contributed by atoms with Gasteiger partial charge in [-0.1, -0.05) is 24.3 Å². The van der Waals surface area contributed by atoms with Crippen LogP contribution in [0.2, 0.25) is 0 Å². The molecule has 7 heteroatoms. The first-order valence-electron chi connectivity index (χ1n) is 11.1. The highest BCUT2D eigenvalue weighted by atomic mass is 16.5. The topological polar surface area (TPSA) is 85.9 Å². The number of carbonyl (C=O) groups is 2. The van der Waals surface area contributed by atoms with Gasteiger partial charge in [-0.15, -0.1) is 0 Å². The van der Waals surface area contributed by atoms with E-state index in [1.807, 2.05) is 52.0 Å². The van der Waals surface area contributed by atoms with E-state index in [-0.39, 0.29) is 24.5 Å². The molecule has 7 nitrogen and oxygen atoms in total. The maximum absolute atomic E-state index is 13.2. The van der Waals surface area contributed by atoms with Gasteiger partial charge in [0.05, 0.1) is 18.8 Å². The van der Waals surface area contributed by atoms with E-state index in [9.17, 15) is 9.59 Å². The van der Waals surface area contributed by atoms with Crippen LogP contribution in [0.1, 0.15) is 38.1 Å². The average Bonchev–Trinajstić information content (AvgIpc) is 2.78. The van der Waals surface area contributed by atoms with Crippen molar-refractivity contribution in [2.75, 3.05) is 25.1 Å². The number of ether oxygens (including phenoxy) is 3. The Morgan fingerprint density at radius 2 is 1.48 bits per heavy atom. The van der Waals surface area contributed by atoms with Gasteiger partial charge in [0, 0.05) is 17.8 Å². The fraction of sp³-hybridized carbons (Fsp3) is 0.308. The van der Waals surface area contributed by atoms with Crippen LogP contribution in [-0.2, 0) is 4.79 Å². The molecular weight excluding hydrogens is 420 g/mol. The zero-order valence-electron chi connectivity index (χ0n) is 19.4. The van der Waals surface area contributed by atoms with Crippen LogP contribution >= 0.6 is 0 Å². The van der Waals surface area contributed by atoms with Crippen LogP contribution in [0.15, 0.2) is 54.6 Å². The molecule has 0 aromatic heterocycles. The first-order chi connectivity index (χ1) is 15.9. The highest BCUT2D eigenvalue weighted by Crippen LogP contribution is 2.32. The summed E-state index contributed by atoms with van der Waals surface area (Å²) in [6.45, 7) is 8.32. The predicted molar refractivity (Wildman–Crippen MR) is 129 cm³/mol. The molecule has 0 saturated heterocycles. The van der Waals surface area contributed by atoms with Crippen LogP contribution in [0.4, 0.5) is 5.69 Å². The Morgan fingerprint density at radius 3 is 2.15 bits per heavy atom. The van der Waals surface area contributed by atoms with Gasteiger partial charge in [0.15, 0.2) is 18.1 Å². The average molecular weight is 451 g/mol. The third kappa shape index (κ3) is 6.38. The molecule has 0 aliphatic rings. The molecule has 3 rings (SSSR count). The summed E-state index contributed by atoms with van der Waals surface area (Å²) in [6.07, 6.45) is 0. The number of nitrogens with one attached hydrogen (secondary N) is 2. The summed E-state index contributed by atoms with van der Waals surface area (Å²) in [5.41, 5.74) is 0.890. The summed E-state index contributed by atoms with van der Waals surface area (Å²) in [5.74, 6) is 0.894. The van der Waals surface area contributed by atoms with Crippen molar-refractivity contribution in [3.8, 4) is 17.2 Å². The van der Waals surface area contributed by atoms with Crippen LogP contribution in [-0.4, -0.2) is 37.7 Å². The molecule has 0 bridgehead atoms. The number of rotatable bonds is 10. The smallest absolute Gasteiger partial charge is 0.259 e. The van der Waals surface area contributed by atoms with E-state index >= 15 is 0 Å². The van der Waals surface area contributed by atoms with Crippen molar-refractivity contribution < 1.29 is 23.8 Å². The number of anilines is 1. The molecule has 174 valence electrons. The van der Waals surface area contributed by atoms with E-state index in [4.69, 9.17) is 14.2 Å². The van der Waals surface area contributed by atoms with Crippen molar-refractivity contribution in [3.63, 3.8) is 0 Å². The minimum absolute atomic E-state index is 0.000308. The van der Waals surface area contributed by atoms with Crippen LogP contribution < -0.4 is 24.8 Å². The van der Waals surface area contributed by atoms with Crippen molar-refractivity contribution in [2.24, 2.45) is 0 Å². The summed E-state index contributed by atoms with van der Waals surface area (Å²) in [7, 11) is 0. The molecule has 0 saturated carbocycles. The van der Waals surface area contributed by atoms with E-state index in [0.717, 1.165) is 10.8 Å². The van der Waals surface area contributed by atoms with Gasteiger partial charge in [0.25, 0.3) is 11.8 Å². The van der Waals surface area contributed by atoms with E-state index in [1.54, 1.807) is 30.3 Å². The van der Waals surface area contributed by atoms with E-state index in [1.165, 1.54) is 0 Å². The Hall–Kier alpha value is -3.74. The number of fused-ring (bicyclic) bond motifs is 1. The second-order valence-corrected chi connectivity index (χ2v) is 7.69. The zero-order valence-corrected chi connectivity index (χ0v) is 19.4. The molecule has 0 radical (unpaired) electrons. The molecule has 0 unspecified atom stereocenters. The maximum atomic E-state index is 13.2. The Labute approximate surface area is 194 Å². The van der Waals surface area contributed by atoms with Gasteiger partial charge >= 0.3 is 0 Å². The van der Waals surface area contributed by atoms with Gasteiger partial charge in [-0.2, -0.15) is 0 Å². The fourth-order valence-corrected chi connectivity index (χ4v) is 3.35. The Balaban J connectivity index is 1.88. The number of hydrogen-bond donors (Lipinski definition) is 2. The van der Waals surface area contributed by atoms with Crippen molar-refractivity contribution >= 4 is 28.3 Å². The molecule has 2 N–H and O–H groups in total. The van der Waals surface area contributed by atoms with Crippen LogP contribution in [0, 0.1) is 0 Å². The van der Waals surface area contributed by atoms with Crippen molar-refractivity contribution in [1.29, 1.82) is 0 Å². The minimum Gasteiger partial charge on any atom is -0.490 e. The highest BCUT2D eigenvalue weighted by molar-refractivity contribution is 6.09. The van der Waals surface area contributed by atoms with Gasteiger partial charge in [0.2, 0.25) is 0 Å². The largest absolute Gasteiger partial charge is 0.490 e. The Bertz CT molecular complexity index is 1130. The third-order valence-corrected chi connectivity index (χ3v) is 4.70. The molecule has 33 heavy (non-hydrogen) atoms.